The average molecular weight is 531 g/mol. The van der Waals surface area contributed by atoms with Crippen molar-refractivity contribution in [2.75, 3.05) is 0 Å². The van der Waals surface area contributed by atoms with Gasteiger partial charge in [-0.05, 0) is 0 Å². The third-order valence-corrected chi connectivity index (χ3v) is 19.6. The van der Waals surface area contributed by atoms with Crippen LogP contribution in [0.5, 0.6) is 0 Å². The third kappa shape index (κ3) is 5.92. The van der Waals surface area contributed by atoms with E-state index in [9.17, 15) is 0 Å². The Morgan fingerprint density at radius 2 is 1.70 bits per heavy atom. The van der Waals surface area contributed by atoms with Gasteiger partial charge in [-0.3, -0.25) is 0 Å². The number of hydrogen-bond donors (Lipinski definition) is 0. The fraction of sp³-hybridized carbons (Fsp3) is 0.812. The molecule has 0 aromatic rings. The zero-order chi connectivity index (χ0) is 23.9. The maximum atomic E-state index is 2.79. The van der Waals surface area contributed by atoms with Crippen molar-refractivity contribution in [1.82, 2.24) is 0 Å². The summed E-state index contributed by atoms with van der Waals surface area (Å²) >= 11 is -1.39. The predicted molar refractivity (Wildman–Crippen MR) is 145 cm³/mol. The Hall–Kier alpha value is 0.103. The van der Waals surface area contributed by atoms with Gasteiger partial charge in [-0.1, -0.05) is 0 Å². The fourth-order valence-corrected chi connectivity index (χ4v) is 18.8. The summed E-state index contributed by atoms with van der Waals surface area (Å²) in [6.45, 7) is 15.1. The van der Waals surface area contributed by atoms with Crippen LogP contribution in [-0.4, -0.2) is 0 Å². The molecule has 3 aliphatic carbocycles. The average Bonchev–Trinajstić information content (AvgIpc) is 3.51. The molecule has 0 nitrogen and oxygen atoms in total. The number of rotatable bonds is 14. The second-order valence-electron chi connectivity index (χ2n) is 12.0. The zero-order valence-corrected chi connectivity index (χ0v) is 25.6. The third-order valence-electron chi connectivity index (χ3n) is 10.5. The van der Waals surface area contributed by atoms with Crippen molar-refractivity contribution in [3.63, 3.8) is 0 Å². The predicted octanol–water partition coefficient (Wildman–Crippen LogP) is 10.9. The maximum absolute atomic E-state index is 2.79. The summed E-state index contributed by atoms with van der Waals surface area (Å²) < 4.78 is 4.51. The van der Waals surface area contributed by atoms with Crippen molar-refractivity contribution < 1.29 is 21.8 Å². The number of hydrogen-bond acceptors (Lipinski definition) is 0. The molecule has 0 aromatic heterocycles. The van der Waals surface area contributed by atoms with Gasteiger partial charge in [0.2, 0.25) is 0 Å². The molecule has 0 aliphatic heterocycles. The van der Waals surface area contributed by atoms with E-state index in [1.54, 1.807) is 20.3 Å². The molecule has 1 fully saturated rings. The Labute approximate surface area is 215 Å². The van der Waals surface area contributed by atoms with Crippen LogP contribution in [0.3, 0.4) is 0 Å². The summed E-state index contributed by atoms with van der Waals surface area (Å²) in [7, 11) is 0. The quantitative estimate of drug-likeness (QED) is 0.196. The van der Waals surface area contributed by atoms with Gasteiger partial charge in [0.05, 0.1) is 0 Å². The monoisotopic (exact) mass is 529 g/mol. The molecule has 0 amide bonds. The zero-order valence-electron chi connectivity index (χ0n) is 23.1. The Balaban J connectivity index is 1.83. The molecule has 5 unspecified atom stereocenters. The molecular weight excluding hydrogens is 476 g/mol. The topological polar surface area (TPSA) is 0 Å². The molecule has 0 radical (unpaired) electrons. The molecule has 1 heteroatoms. The van der Waals surface area contributed by atoms with Gasteiger partial charge < -0.3 is 0 Å². The molecule has 1 saturated carbocycles. The van der Waals surface area contributed by atoms with E-state index in [0.29, 0.717) is 10.8 Å². The summed E-state index contributed by atoms with van der Waals surface area (Å²) in [6.07, 6.45) is 29.6. The Kier molecular flexibility index (Phi) is 10.8. The van der Waals surface area contributed by atoms with Gasteiger partial charge in [0, 0.05) is 0 Å². The molecule has 0 saturated heterocycles. The molecule has 187 valence electrons. The number of unbranched alkanes of at least 4 members (excludes halogenated alkanes) is 2. The summed E-state index contributed by atoms with van der Waals surface area (Å²) in [5, 5.41) is 0. The summed E-state index contributed by atoms with van der Waals surface area (Å²) in [4.78, 5) is 0. The normalized spacial score (nSPS) is 31.0. The van der Waals surface area contributed by atoms with E-state index in [2.05, 4.69) is 71.9 Å². The summed E-state index contributed by atoms with van der Waals surface area (Å²) in [5.74, 6) is 2.65. The second kappa shape index (κ2) is 12.9. The van der Waals surface area contributed by atoms with Crippen LogP contribution in [0, 0.1) is 28.6 Å². The van der Waals surface area contributed by atoms with Crippen LogP contribution in [0.15, 0.2) is 36.0 Å². The summed E-state index contributed by atoms with van der Waals surface area (Å²) in [5.41, 5.74) is 2.61. The van der Waals surface area contributed by atoms with E-state index < -0.39 is 21.8 Å². The van der Waals surface area contributed by atoms with Crippen LogP contribution in [-0.2, 0) is 21.8 Å². The number of allylic oxidation sites excluding steroid dienone is 6. The molecule has 0 aromatic carbocycles. The first-order valence-corrected chi connectivity index (χ1v) is 19.7. The molecule has 0 bridgehead atoms. The van der Waals surface area contributed by atoms with Crippen LogP contribution in [0.4, 0.5) is 0 Å². The first kappa shape index (κ1) is 27.7. The molecule has 3 rings (SSSR count). The van der Waals surface area contributed by atoms with Crippen LogP contribution >= 0.6 is 0 Å². The molecule has 5 atom stereocenters. The molecule has 3 aliphatic rings. The molecule has 0 heterocycles. The Bertz CT molecular complexity index is 673. The first-order valence-electron chi connectivity index (χ1n) is 14.9. The van der Waals surface area contributed by atoms with Crippen molar-refractivity contribution in [3.8, 4) is 0 Å². The SMILES string of the molecule is CCC[CH2][Zr]([CH2]CCC)[CH]1CCC2C=CC(CC)(CC)C(C)(CCCC(C)C3=CC=CC3)C21. The van der Waals surface area contributed by atoms with Crippen LogP contribution in [0.25, 0.3) is 0 Å². The Morgan fingerprint density at radius 1 is 1.00 bits per heavy atom. The van der Waals surface area contributed by atoms with Crippen LogP contribution < -0.4 is 0 Å². The van der Waals surface area contributed by atoms with E-state index >= 15 is 0 Å². The van der Waals surface area contributed by atoms with Gasteiger partial charge >= 0.3 is 217 Å². The minimum atomic E-state index is -1.39. The van der Waals surface area contributed by atoms with Crippen LogP contribution in [0.1, 0.15) is 119 Å². The van der Waals surface area contributed by atoms with E-state index in [-0.39, 0.29) is 0 Å². The van der Waals surface area contributed by atoms with Crippen molar-refractivity contribution >= 4 is 0 Å². The van der Waals surface area contributed by atoms with Gasteiger partial charge in [0.15, 0.2) is 0 Å². The molecule has 0 spiro atoms. The van der Waals surface area contributed by atoms with Gasteiger partial charge in [-0.15, -0.1) is 0 Å². The Morgan fingerprint density at radius 3 is 2.27 bits per heavy atom. The molecular formula is C32H55Zr. The van der Waals surface area contributed by atoms with E-state index in [1.165, 1.54) is 70.6 Å². The van der Waals surface area contributed by atoms with Crippen LogP contribution in [0.2, 0.25) is 11.9 Å². The standard InChI is InChI=1S/C24H37.2C4H9.Zr/c1-5-24(6-2)18-16-21-14-9-15-22(21)23(24,4)17-10-11-19(3)20-12-7-8-13-20;2*1-3-4-2;/h7-8,12,15-16,18-19,21-22H,5-6,9-11,13-14,17H2,1-4H3;2*1,3-4H2,2H3;. The fourth-order valence-electron chi connectivity index (χ4n) is 8.25. The van der Waals surface area contributed by atoms with Crippen molar-refractivity contribution in [1.29, 1.82) is 0 Å². The van der Waals surface area contributed by atoms with Gasteiger partial charge in [-0.2, -0.15) is 0 Å². The second-order valence-corrected chi connectivity index (χ2v) is 19.6. The van der Waals surface area contributed by atoms with Gasteiger partial charge in [0.1, 0.15) is 0 Å². The van der Waals surface area contributed by atoms with Gasteiger partial charge in [-0.25, -0.2) is 0 Å². The summed E-state index contributed by atoms with van der Waals surface area (Å²) in [6, 6.07) is 0. The van der Waals surface area contributed by atoms with E-state index in [1.807, 2.05) is 0 Å². The van der Waals surface area contributed by atoms with Crippen molar-refractivity contribution in [2.45, 2.75) is 130 Å². The van der Waals surface area contributed by atoms with E-state index in [4.69, 9.17) is 0 Å². The number of fused-ring (bicyclic) bond motifs is 1. The minimum absolute atomic E-state index is 0.429. The van der Waals surface area contributed by atoms with Crippen molar-refractivity contribution in [2.24, 2.45) is 28.6 Å². The molecule has 0 N–H and O–H groups in total. The molecule has 33 heavy (non-hydrogen) atoms. The van der Waals surface area contributed by atoms with Gasteiger partial charge in [0.25, 0.3) is 0 Å². The first-order chi connectivity index (χ1) is 16.0. The van der Waals surface area contributed by atoms with E-state index in [0.717, 1.165) is 21.4 Å². The van der Waals surface area contributed by atoms with Crippen molar-refractivity contribution in [3.05, 3.63) is 36.0 Å².